The smallest absolute Gasteiger partial charge is 0.407 e. The zero-order valence-corrected chi connectivity index (χ0v) is 19.8. The van der Waals surface area contributed by atoms with Gasteiger partial charge in [0.15, 0.2) is 0 Å². The van der Waals surface area contributed by atoms with Gasteiger partial charge in [0.2, 0.25) is 5.91 Å². The molecule has 0 fully saturated rings. The van der Waals surface area contributed by atoms with Crippen LogP contribution in [0.4, 0.5) is 10.5 Å². The second-order valence-corrected chi connectivity index (χ2v) is 8.99. The van der Waals surface area contributed by atoms with E-state index in [2.05, 4.69) is 5.32 Å². The number of amides is 4. The van der Waals surface area contributed by atoms with Crippen molar-refractivity contribution in [2.75, 3.05) is 26.2 Å². The lowest BCUT2D eigenvalue weighted by Gasteiger charge is -2.29. The van der Waals surface area contributed by atoms with Crippen molar-refractivity contribution in [1.82, 2.24) is 15.1 Å². The van der Waals surface area contributed by atoms with E-state index in [0.717, 1.165) is 11.0 Å². The first-order valence-corrected chi connectivity index (χ1v) is 10.8. The van der Waals surface area contributed by atoms with Gasteiger partial charge in [-0.3, -0.25) is 34.2 Å². The summed E-state index contributed by atoms with van der Waals surface area (Å²) in [6, 6.07) is 6.75. The summed E-state index contributed by atoms with van der Waals surface area (Å²) in [4.78, 5) is 74.4. The van der Waals surface area contributed by atoms with Crippen LogP contribution in [0.2, 0.25) is 0 Å². The number of hydrogen-bond donors (Lipinski definition) is 2. The van der Waals surface area contributed by atoms with Crippen LogP contribution in [0, 0.1) is 10.1 Å². The molecule has 0 aromatic heterocycles. The Morgan fingerprint density at radius 3 is 2.42 bits per heavy atom. The topological polar surface area (TPSA) is 176 Å². The van der Waals surface area contributed by atoms with Gasteiger partial charge in [0, 0.05) is 36.2 Å². The summed E-state index contributed by atoms with van der Waals surface area (Å²) >= 11 is 0. The molecule has 0 atom stereocenters. The number of alkyl carbamates (subject to hydrolysis) is 1. The van der Waals surface area contributed by atoms with Crippen molar-refractivity contribution in [2.45, 2.75) is 26.4 Å². The Bertz CT molecular complexity index is 1280. The number of aliphatic carboxylic acids is 1. The van der Waals surface area contributed by atoms with Crippen LogP contribution in [0.3, 0.4) is 0 Å². The molecule has 0 aliphatic carbocycles. The van der Waals surface area contributed by atoms with E-state index in [0.29, 0.717) is 10.3 Å². The van der Waals surface area contributed by atoms with Gasteiger partial charge in [0.05, 0.1) is 10.5 Å². The van der Waals surface area contributed by atoms with E-state index in [-0.39, 0.29) is 35.3 Å². The first-order valence-electron chi connectivity index (χ1n) is 10.8. The predicted molar refractivity (Wildman–Crippen MR) is 124 cm³/mol. The average molecular weight is 500 g/mol. The minimum absolute atomic E-state index is 0.0844. The van der Waals surface area contributed by atoms with Crippen LogP contribution in [0.1, 0.15) is 41.5 Å². The lowest BCUT2D eigenvalue weighted by Crippen LogP contribution is -2.50. The third-order valence-electron chi connectivity index (χ3n) is 5.15. The summed E-state index contributed by atoms with van der Waals surface area (Å²) in [7, 11) is 0. The number of nitrogens with one attached hydrogen (secondary N) is 1. The number of benzene rings is 2. The van der Waals surface area contributed by atoms with Crippen LogP contribution in [0.5, 0.6) is 0 Å². The lowest BCUT2D eigenvalue weighted by molar-refractivity contribution is -0.384. The van der Waals surface area contributed by atoms with Crippen LogP contribution in [0.25, 0.3) is 10.8 Å². The van der Waals surface area contributed by atoms with Gasteiger partial charge in [-0.1, -0.05) is 12.1 Å². The van der Waals surface area contributed by atoms with E-state index in [4.69, 9.17) is 4.74 Å². The molecular formula is C23H24N4O9. The monoisotopic (exact) mass is 500 g/mol. The van der Waals surface area contributed by atoms with E-state index in [1.165, 1.54) is 24.3 Å². The van der Waals surface area contributed by atoms with E-state index < -0.39 is 53.4 Å². The van der Waals surface area contributed by atoms with Crippen molar-refractivity contribution in [2.24, 2.45) is 0 Å². The Morgan fingerprint density at radius 2 is 1.81 bits per heavy atom. The van der Waals surface area contributed by atoms with Crippen LogP contribution in [0.15, 0.2) is 30.3 Å². The van der Waals surface area contributed by atoms with Crippen LogP contribution >= 0.6 is 0 Å². The fourth-order valence-corrected chi connectivity index (χ4v) is 3.69. The van der Waals surface area contributed by atoms with Gasteiger partial charge in [-0.2, -0.15) is 0 Å². The van der Waals surface area contributed by atoms with Gasteiger partial charge in [-0.15, -0.1) is 0 Å². The Labute approximate surface area is 204 Å². The Hall–Kier alpha value is -4.55. The highest BCUT2D eigenvalue weighted by molar-refractivity contribution is 6.26. The quantitative estimate of drug-likeness (QED) is 0.311. The molecule has 4 amide bonds. The number of rotatable bonds is 8. The molecule has 0 radical (unpaired) electrons. The van der Waals surface area contributed by atoms with Gasteiger partial charge in [0.25, 0.3) is 17.5 Å². The Balaban J connectivity index is 1.81. The number of ether oxygens (including phenoxy) is 1. The van der Waals surface area contributed by atoms with Gasteiger partial charge in [-0.05, 0) is 32.2 Å². The lowest BCUT2D eigenvalue weighted by atomic mass is 9.93. The minimum Gasteiger partial charge on any atom is -0.480 e. The molecule has 2 N–H and O–H groups in total. The molecule has 0 unspecified atom stereocenters. The molecule has 0 spiro atoms. The predicted octanol–water partition coefficient (Wildman–Crippen LogP) is 1.78. The first kappa shape index (κ1) is 26.1. The van der Waals surface area contributed by atoms with Crippen molar-refractivity contribution in [3.8, 4) is 0 Å². The summed E-state index contributed by atoms with van der Waals surface area (Å²) in [6.07, 6.45) is -0.766. The summed E-state index contributed by atoms with van der Waals surface area (Å²) in [6.45, 7) is 3.05. The Morgan fingerprint density at radius 1 is 1.14 bits per heavy atom. The highest BCUT2D eigenvalue weighted by Crippen LogP contribution is 2.33. The summed E-state index contributed by atoms with van der Waals surface area (Å²) in [5, 5.41) is 23.5. The number of nitrogens with zero attached hydrogens (tertiary/aromatic N) is 3. The molecule has 13 nitrogen and oxygen atoms in total. The average Bonchev–Trinajstić information content (AvgIpc) is 2.77. The number of carbonyl (C=O) groups is 5. The molecular weight excluding hydrogens is 476 g/mol. The number of nitro benzene ring substituents is 1. The van der Waals surface area contributed by atoms with Crippen molar-refractivity contribution in [1.29, 1.82) is 0 Å². The molecule has 1 heterocycles. The molecule has 13 heteroatoms. The van der Waals surface area contributed by atoms with Gasteiger partial charge >= 0.3 is 12.1 Å². The number of non-ortho nitro benzene ring substituents is 1. The molecule has 2 aromatic carbocycles. The number of nitro groups is 1. The second-order valence-electron chi connectivity index (χ2n) is 8.99. The fourth-order valence-electron chi connectivity index (χ4n) is 3.69. The van der Waals surface area contributed by atoms with E-state index in [9.17, 15) is 39.2 Å². The SMILES string of the molecule is CC(C)(C)OC(=O)NCCN(CC(=O)O)C(=O)CN1C(=O)c2cccc3cc([N+](=O)[O-])cc(c23)C1=O. The van der Waals surface area contributed by atoms with Gasteiger partial charge in [0.1, 0.15) is 18.7 Å². The third-order valence-corrected chi connectivity index (χ3v) is 5.15. The summed E-state index contributed by atoms with van der Waals surface area (Å²) < 4.78 is 5.08. The standard InChI is InChI=1S/C23H24N4O9/c1-23(2,3)36-22(33)24-7-8-25(12-18(29)30)17(28)11-26-20(31)15-6-4-5-13-9-14(27(34)35)10-16(19(13)15)21(26)32/h4-6,9-10H,7-8,11-12H2,1-3H3,(H,24,33)(H,29,30). The maximum atomic E-state index is 13.1. The fraction of sp³-hybridized carbons (Fsp3) is 0.348. The zero-order valence-electron chi connectivity index (χ0n) is 19.8. The van der Waals surface area contributed by atoms with Gasteiger partial charge in [-0.25, -0.2) is 4.79 Å². The number of carboxylic acids is 1. The third kappa shape index (κ3) is 5.74. The molecule has 1 aliphatic heterocycles. The first-order chi connectivity index (χ1) is 16.8. The van der Waals surface area contributed by atoms with E-state index >= 15 is 0 Å². The molecule has 0 saturated heterocycles. The van der Waals surface area contributed by atoms with Crippen molar-refractivity contribution < 1.29 is 38.7 Å². The number of carbonyl (C=O) groups excluding carboxylic acids is 4. The normalized spacial score (nSPS) is 12.9. The van der Waals surface area contributed by atoms with Crippen molar-refractivity contribution >= 4 is 46.2 Å². The van der Waals surface area contributed by atoms with E-state index in [1.807, 2.05) is 0 Å². The van der Waals surface area contributed by atoms with Gasteiger partial charge < -0.3 is 20.1 Å². The highest BCUT2D eigenvalue weighted by atomic mass is 16.6. The highest BCUT2D eigenvalue weighted by Gasteiger charge is 2.36. The zero-order chi connectivity index (χ0) is 26.8. The van der Waals surface area contributed by atoms with E-state index in [1.54, 1.807) is 20.8 Å². The molecule has 0 saturated carbocycles. The molecule has 2 aromatic rings. The molecule has 1 aliphatic rings. The number of imide groups is 1. The molecule has 0 bridgehead atoms. The largest absolute Gasteiger partial charge is 0.480 e. The molecule has 3 rings (SSSR count). The van der Waals surface area contributed by atoms with Crippen molar-refractivity contribution in [3.63, 3.8) is 0 Å². The minimum atomic E-state index is -1.34. The maximum Gasteiger partial charge on any atom is 0.407 e. The van der Waals surface area contributed by atoms with Crippen molar-refractivity contribution in [3.05, 3.63) is 51.6 Å². The number of carboxylic acid groups (broad SMARTS) is 1. The second kappa shape index (κ2) is 9.98. The van der Waals surface area contributed by atoms with Crippen LogP contribution in [-0.2, 0) is 14.3 Å². The van der Waals surface area contributed by atoms with Crippen LogP contribution < -0.4 is 5.32 Å². The summed E-state index contributed by atoms with van der Waals surface area (Å²) in [5.41, 5.74) is -1.15. The molecule has 190 valence electrons. The maximum absolute atomic E-state index is 13.1. The number of hydrogen-bond acceptors (Lipinski definition) is 8. The molecule has 36 heavy (non-hydrogen) atoms. The summed E-state index contributed by atoms with van der Waals surface area (Å²) in [5.74, 6) is -3.92. The van der Waals surface area contributed by atoms with Crippen LogP contribution in [-0.4, -0.2) is 81.4 Å². The Kier molecular flexibility index (Phi) is 7.22.